The first kappa shape index (κ1) is 15.7. The van der Waals surface area contributed by atoms with Gasteiger partial charge in [0.15, 0.2) is 0 Å². The van der Waals surface area contributed by atoms with E-state index in [4.69, 9.17) is 13.3 Å². The summed E-state index contributed by atoms with van der Waals surface area (Å²) < 4.78 is 26.7. The SMILES string of the molecule is O=S([O-])([O-])=S.[PH4+].[PH4+]. The molecule has 0 aliphatic rings. The third-order valence-electron chi connectivity index (χ3n) is 0. The Labute approximate surface area is 53.8 Å². The highest BCUT2D eigenvalue weighted by Gasteiger charge is 1.43. The van der Waals surface area contributed by atoms with Gasteiger partial charge in [-0.3, -0.25) is 4.21 Å². The lowest BCUT2D eigenvalue weighted by Gasteiger charge is -2.12. The van der Waals surface area contributed by atoms with Crippen molar-refractivity contribution in [2.75, 3.05) is 0 Å². The number of hydrogen-bond acceptors (Lipinski definition) is 4. The molecule has 0 spiro atoms. The lowest BCUT2D eigenvalue weighted by Crippen LogP contribution is -1.88. The Balaban J connectivity index is -0.0000000800. The summed E-state index contributed by atoms with van der Waals surface area (Å²) in [4.78, 5) is 0. The van der Waals surface area contributed by atoms with Gasteiger partial charge in [0.2, 0.25) is 0 Å². The summed E-state index contributed by atoms with van der Waals surface area (Å²) in [5.41, 5.74) is 0. The molecule has 0 saturated carbocycles. The van der Waals surface area contributed by atoms with Crippen LogP contribution in [-0.4, -0.2) is 13.3 Å². The molecule has 0 aliphatic heterocycles. The smallest absolute Gasteiger partial charge is 0.0395 e. The van der Waals surface area contributed by atoms with Crippen molar-refractivity contribution in [3.05, 3.63) is 0 Å². The summed E-state index contributed by atoms with van der Waals surface area (Å²) >= 11 is 3.24. The van der Waals surface area contributed by atoms with E-state index in [1.165, 1.54) is 0 Å². The average molecular weight is 182 g/mol. The molecule has 7 heteroatoms. The van der Waals surface area contributed by atoms with Crippen LogP contribution in [0.3, 0.4) is 0 Å². The fourth-order valence-corrected chi connectivity index (χ4v) is 0. The zero-order valence-corrected chi connectivity index (χ0v) is 9.67. The topological polar surface area (TPSA) is 63.2 Å². The van der Waals surface area contributed by atoms with Crippen LogP contribution < -0.4 is 0 Å². The summed E-state index contributed by atoms with van der Waals surface area (Å²) in [5.74, 6) is 0. The maximum atomic E-state index is 8.89. The van der Waals surface area contributed by atoms with Crippen LogP contribution in [0.15, 0.2) is 0 Å². The van der Waals surface area contributed by atoms with Crippen LogP contribution in [0.2, 0.25) is 0 Å². The van der Waals surface area contributed by atoms with Crippen LogP contribution >= 0.6 is 19.8 Å². The molecule has 0 fully saturated rings. The largest absolute Gasteiger partial charge is 0.780 e. The highest BCUT2D eigenvalue weighted by atomic mass is 32.9. The van der Waals surface area contributed by atoms with E-state index in [1.807, 2.05) is 0 Å². The minimum Gasteiger partial charge on any atom is -0.780 e. The van der Waals surface area contributed by atoms with E-state index >= 15 is 0 Å². The van der Waals surface area contributed by atoms with Crippen molar-refractivity contribution in [3.63, 3.8) is 0 Å². The molecule has 3 nitrogen and oxygen atoms in total. The van der Waals surface area contributed by atoms with Crippen molar-refractivity contribution in [3.8, 4) is 0 Å². The summed E-state index contributed by atoms with van der Waals surface area (Å²) in [6.45, 7) is 0. The summed E-state index contributed by atoms with van der Waals surface area (Å²) in [6, 6.07) is 0. The van der Waals surface area contributed by atoms with Gasteiger partial charge in [-0.1, -0.05) is 0 Å². The summed E-state index contributed by atoms with van der Waals surface area (Å²) in [5, 5.41) is 0. The van der Waals surface area contributed by atoms with Crippen molar-refractivity contribution in [2.45, 2.75) is 0 Å². The zero-order valence-electron chi connectivity index (χ0n) is 4.04. The zero-order chi connectivity index (χ0) is 4.50. The van der Waals surface area contributed by atoms with Crippen LogP contribution in [0.25, 0.3) is 0 Å². The fraction of sp³-hybridized carbons (Fsp3) is 0. The second-order valence-corrected chi connectivity index (χ2v) is 2.45. The van der Waals surface area contributed by atoms with Gasteiger partial charge in [-0.15, -0.1) is 9.05 Å². The number of rotatable bonds is 0. The Kier molecular flexibility index (Phi) is 11.9. The van der Waals surface area contributed by atoms with Crippen LogP contribution in [-0.2, 0) is 20.2 Å². The molecule has 0 aliphatic carbocycles. The first-order valence-corrected chi connectivity index (χ1v) is 3.00. The average Bonchev–Trinajstić information content (AvgIpc) is 0.722. The van der Waals surface area contributed by atoms with Gasteiger partial charge in [0, 0.05) is 0 Å². The molecular weight excluding hydrogens is 174 g/mol. The van der Waals surface area contributed by atoms with E-state index in [9.17, 15) is 0 Å². The summed E-state index contributed by atoms with van der Waals surface area (Å²) in [6.07, 6.45) is 0. The molecule has 0 aromatic rings. The van der Waals surface area contributed by atoms with E-state index in [1.54, 1.807) is 0 Å². The minimum atomic E-state index is -4.33. The monoisotopic (exact) mass is 182 g/mol. The Morgan fingerprint density at radius 3 is 1.29 bits per heavy atom. The molecule has 7 heavy (non-hydrogen) atoms. The number of hydrogen-bond donors (Lipinski definition) is 0. The van der Waals surface area contributed by atoms with Gasteiger partial charge in [-0.2, -0.15) is 0 Å². The second kappa shape index (κ2) is 5.29. The third kappa shape index (κ3) is 143. The predicted octanol–water partition coefficient (Wildman–Crippen LogP) is -1.43. The maximum absolute atomic E-state index is 8.89. The fourth-order valence-electron chi connectivity index (χ4n) is 0. The first-order valence-electron chi connectivity index (χ1n) is 0.667. The molecule has 0 bridgehead atoms. The Hall–Kier alpha value is 1.15. The second-order valence-electron chi connectivity index (χ2n) is 0.408. The molecule has 0 radical (unpaired) electrons. The van der Waals surface area contributed by atoms with Crippen LogP contribution in [0.1, 0.15) is 0 Å². The van der Waals surface area contributed by atoms with Gasteiger partial charge in [0.1, 0.15) is 0 Å². The molecule has 0 saturated heterocycles. The molecular formula is H8O3P2S2. The maximum Gasteiger partial charge on any atom is -0.0395 e. The van der Waals surface area contributed by atoms with Gasteiger partial charge >= 0.3 is 0 Å². The molecule has 0 rings (SSSR count). The van der Waals surface area contributed by atoms with Crippen LogP contribution in [0.5, 0.6) is 0 Å². The van der Waals surface area contributed by atoms with E-state index in [0.717, 1.165) is 0 Å². The predicted molar refractivity (Wildman–Crippen MR) is 42.1 cm³/mol. The van der Waals surface area contributed by atoms with Gasteiger partial charge in [-0.05, 0) is 31.0 Å². The molecule has 0 aromatic heterocycles. The lowest BCUT2D eigenvalue weighted by atomic mass is 15.8. The van der Waals surface area contributed by atoms with Crippen molar-refractivity contribution < 1.29 is 13.3 Å². The van der Waals surface area contributed by atoms with Crippen molar-refractivity contribution in [1.29, 1.82) is 0 Å². The molecule has 2 atom stereocenters. The van der Waals surface area contributed by atoms with Crippen molar-refractivity contribution >= 4 is 40.0 Å². The summed E-state index contributed by atoms with van der Waals surface area (Å²) in [7, 11) is -4.33. The van der Waals surface area contributed by atoms with Crippen molar-refractivity contribution in [2.24, 2.45) is 0 Å². The van der Waals surface area contributed by atoms with Gasteiger partial charge in [0.05, 0.1) is 0 Å². The van der Waals surface area contributed by atoms with E-state index in [2.05, 4.69) is 11.2 Å². The van der Waals surface area contributed by atoms with Crippen LogP contribution in [0, 0.1) is 0 Å². The van der Waals surface area contributed by atoms with Gasteiger partial charge in [-0.25, -0.2) is 0 Å². The first-order chi connectivity index (χ1) is 2.00. The quantitative estimate of drug-likeness (QED) is 0.431. The highest BCUT2D eigenvalue weighted by Crippen LogP contribution is 1.60. The minimum absolute atomic E-state index is 0. The normalized spacial score (nSPS) is 8.29. The Bertz CT molecular complexity index is 94.1. The molecule has 48 valence electrons. The van der Waals surface area contributed by atoms with Gasteiger partial charge < -0.3 is 9.11 Å². The lowest BCUT2D eigenvalue weighted by molar-refractivity contribution is 0.416. The van der Waals surface area contributed by atoms with E-state index in [0.29, 0.717) is 0 Å². The van der Waals surface area contributed by atoms with Crippen LogP contribution in [0.4, 0.5) is 0 Å². The third-order valence-corrected chi connectivity index (χ3v) is 0. The molecule has 2 unspecified atom stereocenters. The molecule has 0 aromatic carbocycles. The van der Waals surface area contributed by atoms with E-state index < -0.39 is 9.05 Å². The molecule has 0 heterocycles. The van der Waals surface area contributed by atoms with E-state index in [-0.39, 0.29) is 19.8 Å². The molecule has 0 N–H and O–H groups in total. The van der Waals surface area contributed by atoms with Crippen molar-refractivity contribution in [1.82, 2.24) is 0 Å². The Morgan fingerprint density at radius 1 is 1.29 bits per heavy atom. The van der Waals surface area contributed by atoms with Gasteiger partial charge in [0.25, 0.3) is 0 Å². The molecule has 0 amide bonds. The Morgan fingerprint density at radius 2 is 1.29 bits per heavy atom. The standard InChI is InChI=1S/H2O3S2.2H3P/c1-5(2,3)4;;/h(H2,1,2,3,4);2*1H3. The highest BCUT2D eigenvalue weighted by molar-refractivity contribution is 8.26.